The Hall–Kier alpha value is -2.24. The lowest BCUT2D eigenvalue weighted by molar-refractivity contribution is 0.114. The van der Waals surface area contributed by atoms with E-state index in [1.54, 1.807) is 11.0 Å². The Bertz CT molecular complexity index is 763. The number of aromatic nitrogens is 2. The quantitative estimate of drug-likeness (QED) is 0.830. The van der Waals surface area contributed by atoms with Crippen molar-refractivity contribution in [1.29, 1.82) is 0 Å². The number of benzene rings is 1. The monoisotopic (exact) mass is 345 g/mol. The van der Waals surface area contributed by atoms with Crippen molar-refractivity contribution >= 4 is 5.69 Å². The minimum absolute atomic E-state index is 0.0554. The van der Waals surface area contributed by atoms with Crippen LogP contribution in [0.3, 0.4) is 0 Å². The van der Waals surface area contributed by atoms with Gasteiger partial charge in [-0.15, -0.1) is 0 Å². The first-order chi connectivity index (χ1) is 12.1. The van der Waals surface area contributed by atoms with E-state index in [9.17, 15) is 8.78 Å². The molecule has 0 bridgehead atoms. The summed E-state index contributed by atoms with van der Waals surface area (Å²) in [6.07, 6.45) is 5.31. The molecule has 0 N–H and O–H groups in total. The van der Waals surface area contributed by atoms with Crippen molar-refractivity contribution in [1.82, 2.24) is 9.97 Å². The molecule has 2 fully saturated rings. The third-order valence-corrected chi connectivity index (χ3v) is 4.87. The highest BCUT2D eigenvalue weighted by Gasteiger charge is 2.23. The van der Waals surface area contributed by atoms with E-state index in [1.807, 2.05) is 6.92 Å². The van der Waals surface area contributed by atoms with Crippen LogP contribution in [0.5, 0.6) is 5.88 Å². The highest BCUT2D eigenvalue weighted by Crippen LogP contribution is 2.32. The van der Waals surface area contributed by atoms with Crippen LogP contribution in [-0.4, -0.2) is 29.2 Å². The van der Waals surface area contributed by atoms with Gasteiger partial charge < -0.3 is 9.64 Å². The van der Waals surface area contributed by atoms with Gasteiger partial charge in [-0.05, 0) is 51.2 Å². The second-order valence-corrected chi connectivity index (χ2v) is 6.82. The molecule has 1 aromatic heterocycles. The average molecular weight is 345 g/mol. The van der Waals surface area contributed by atoms with E-state index < -0.39 is 11.6 Å². The van der Waals surface area contributed by atoms with E-state index in [1.165, 1.54) is 12.1 Å². The lowest BCUT2D eigenvalue weighted by atomic mass is 9.96. The number of halogens is 2. The zero-order valence-corrected chi connectivity index (χ0v) is 14.3. The summed E-state index contributed by atoms with van der Waals surface area (Å²) in [6.45, 7) is 3.20. The van der Waals surface area contributed by atoms with Crippen molar-refractivity contribution in [3.8, 4) is 17.3 Å². The summed E-state index contributed by atoms with van der Waals surface area (Å²) >= 11 is 0. The van der Waals surface area contributed by atoms with Crippen LogP contribution in [0.15, 0.2) is 18.2 Å². The Kier molecular flexibility index (Phi) is 4.27. The lowest BCUT2D eigenvalue weighted by Gasteiger charge is -2.26. The van der Waals surface area contributed by atoms with Gasteiger partial charge in [0.2, 0.25) is 5.88 Å². The molecule has 1 aliphatic heterocycles. The number of hydrogen-bond donors (Lipinski definition) is 0. The molecule has 1 aromatic carbocycles. The van der Waals surface area contributed by atoms with Crippen molar-refractivity contribution < 1.29 is 13.5 Å². The minimum atomic E-state index is -0.566. The third-order valence-electron chi connectivity index (χ3n) is 4.87. The van der Waals surface area contributed by atoms with Crippen molar-refractivity contribution in [2.75, 3.05) is 18.0 Å². The van der Waals surface area contributed by atoms with E-state index in [4.69, 9.17) is 4.74 Å². The molecule has 0 amide bonds. The molecule has 0 spiro atoms. The second kappa shape index (κ2) is 6.58. The molecule has 2 heterocycles. The molecular weight excluding hydrogens is 324 g/mol. The van der Waals surface area contributed by atoms with E-state index in [-0.39, 0.29) is 11.8 Å². The standard InChI is InChI=1S/C19H21F2N3O/c1-12-9-17(25-14-5-4-6-14)23-19(22-12)13-10-15(20)18(16(21)11-13)24-7-2-3-8-24/h9-11,14H,2-8H2,1H3. The Morgan fingerprint density at radius 3 is 2.28 bits per heavy atom. The van der Waals surface area contributed by atoms with Crippen LogP contribution in [0.1, 0.15) is 37.8 Å². The highest BCUT2D eigenvalue weighted by molar-refractivity contribution is 5.62. The molecule has 0 atom stereocenters. The van der Waals surface area contributed by atoms with Gasteiger partial charge in [0.15, 0.2) is 5.82 Å². The number of rotatable bonds is 4. The van der Waals surface area contributed by atoms with E-state index in [0.29, 0.717) is 36.1 Å². The number of nitrogens with zero attached hydrogens (tertiary/aromatic N) is 3. The topological polar surface area (TPSA) is 38.2 Å². The molecule has 0 unspecified atom stereocenters. The van der Waals surface area contributed by atoms with Gasteiger partial charge in [-0.25, -0.2) is 13.8 Å². The van der Waals surface area contributed by atoms with Crippen molar-refractivity contribution in [3.63, 3.8) is 0 Å². The molecule has 4 rings (SSSR count). The predicted molar refractivity (Wildman–Crippen MR) is 91.8 cm³/mol. The highest BCUT2D eigenvalue weighted by atomic mass is 19.1. The SMILES string of the molecule is Cc1cc(OC2CCC2)nc(-c2cc(F)c(N3CCCC3)c(F)c2)n1. The first-order valence-corrected chi connectivity index (χ1v) is 8.87. The summed E-state index contributed by atoms with van der Waals surface area (Å²) in [4.78, 5) is 10.4. The van der Waals surface area contributed by atoms with Gasteiger partial charge in [0.05, 0.1) is 0 Å². The van der Waals surface area contributed by atoms with Crippen LogP contribution in [0.25, 0.3) is 11.4 Å². The molecule has 4 nitrogen and oxygen atoms in total. The molecule has 0 radical (unpaired) electrons. The van der Waals surface area contributed by atoms with Crippen molar-refractivity contribution in [2.24, 2.45) is 0 Å². The zero-order chi connectivity index (χ0) is 17.4. The van der Waals surface area contributed by atoms with Crippen LogP contribution in [0, 0.1) is 18.6 Å². The first kappa shape index (κ1) is 16.2. The molecule has 1 saturated heterocycles. The van der Waals surface area contributed by atoms with Crippen LogP contribution in [-0.2, 0) is 0 Å². The molecule has 25 heavy (non-hydrogen) atoms. The van der Waals surface area contributed by atoms with Crippen LogP contribution in [0.4, 0.5) is 14.5 Å². The molecule has 6 heteroatoms. The number of hydrogen-bond acceptors (Lipinski definition) is 4. The normalized spacial score (nSPS) is 17.6. The van der Waals surface area contributed by atoms with Crippen LogP contribution >= 0.6 is 0 Å². The Morgan fingerprint density at radius 2 is 1.68 bits per heavy atom. The summed E-state index contributed by atoms with van der Waals surface area (Å²) in [6, 6.07) is 4.39. The molecule has 2 aliphatic rings. The minimum Gasteiger partial charge on any atom is -0.474 e. The third kappa shape index (κ3) is 3.30. The smallest absolute Gasteiger partial charge is 0.217 e. The van der Waals surface area contributed by atoms with Gasteiger partial charge in [-0.3, -0.25) is 0 Å². The predicted octanol–water partition coefficient (Wildman–Crippen LogP) is 4.26. The van der Waals surface area contributed by atoms with E-state index in [2.05, 4.69) is 9.97 Å². The lowest BCUT2D eigenvalue weighted by Crippen LogP contribution is -2.25. The van der Waals surface area contributed by atoms with Gasteiger partial charge in [0, 0.05) is 30.4 Å². The largest absolute Gasteiger partial charge is 0.474 e. The van der Waals surface area contributed by atoms with Crippen LogP contribution in [0.2, 0.25) is 0 Å². The number of anilines is 1. The summed E-state index contributed by atoms with van der Waals surface area (Å²) in [5.74, 6) is -0.372. The van der Waals surface area contributed by atoms with Gasteiger partial charge in [0.25, 0.3) is 0 Å². The van der Waals surface area contributed by atoms with Gasteiger partial charge >= 0.3 is 0 Å². The maximum absolute atomic E-state index is 14.6. The van der Waals surface area contributed by atoms with E-state index >= 15 is 0 Å². The summed E-state index contributed by atoms with van der Waals surface area (Å²) in [5, 5.41) is 0. The maximum Gasteiger partial charge on any atom is 0.217 e. The van der Waals surface area contributed by atoms with Crippen LogP contribution < -0.4 is 9.64 Å². The molecule has 132 valence electrons. The number of ether oxygens (including phenoxy) is 1. The molecule has 1 aliphatic carbocycles. The Balaban J connectivity index is 1.66. The molecule has 2 aromatic rings. The summed E-state index contributed by atoms with van der Waals surface area (Å²) < 4.78 is 34.9. The average Bonchev–Trinajstić information content (AvgIpc) is 3.04. The molecular formula is C19H21F2N3O. The van der Waals surface area contributed by atoms with Gasteiger partial charge in [-0.1, -0.05) is 0 Å². The Labute approximate surface area is 145 Å². The first-order valence-electron chi connectivity index (χ1n) is 8.87. The maximum atomic E-state index is 14.6. The van der Waals surface area contributed by atoms with Crippen molar-refractivity contribution in [3.05, 3.63) is 35.5 Å². The fourth-order valence-corrected chi connectivity index (χ4v) is 3.33. The van der Waals surface area contributed by atoms with Gasteiger partial charge in [-0.2, -0.15) is 4.98 Å². The van der Waals surface area contributed by atoms with Gasteiger partial charge in [0.1, 0.15) is 23.4 Å². The zero-order valence-electron chi connectivity index (χ0n) is 14.3. The fourth-order valence-electron chi connectivity index (χ4n) is 3.33. The second-order valence-electron chi connectivity index (χ2n) is 6.82. The summed E-state index contributed by atoms with van der Waals surface area (Å²) in [7, 11) is 0. The fraction of sp³-hybridized carbons (Fsp3) is 0.474. The number of aryl methyl sites for hydroxylation is 1. The summed E-state index contributed by atoms with van der Waals surface area (Å²) in [5.41, 5.74) is 1.10. The Morgan fingerprint density at radius 1 is 1.00 bits per heavy atom. The molecule has 1 saturated carbocycles. The van der Waals surface area contributed by atoms with Crippen molar-refractivity contribution in [2.45, 2.75) is 45.1 Å². The van der Waals surface area contributed by atoms with E-state index in [0.717, 1.165) is 32.1 Å².